The number of carbonyl (C=O) groups is 1. The largest absolute Gasteiger partial charge is 0.298 e. The Morgan fingerprint density at radius 2 is 1.92 bits per heavy atom. The Hall–Kier alpha value is -1.72. The van der Waals surface area contributed by atoms with Gasteiger partial charge in [0.15, 0.2) is 5.13 Å². The molecule has 3 rings (SSSR count). The standard InChI is InChI=1S/C19H25N3OS/c1-13-4-6-16(7-5-13)18(23)21-19-20-17(12-24-19)11-22-9-14(2)8-15(3)10-22/h4-7,12,14-15H,8-11H2,1-3H3,(H,20,21,23)/t14-,15+. The highest BCUT2D eigenvalue weighted by Gasteiger charge is 2.22. The highest BCUT2D eigenvalue weighted by molar-refractivity contribution is 7.13. The summed E-state index contributed by atoms with van der Waals surface area (Å²) < 4.78 is 0. The Morgan fingerprint density at radius 3 is 2.58 bits per heavy atom. The number of likely N-dealkylation sites (tertiary alicyclic amines) is 1. The van der Waals surface area contributed by atoms with E-state index in [1.54, 1.807) is 0 Å². The van der Waals surface area contributed by atoms with Gasteiger partial charge in [-0.25, -0.2) is 4.98 Å². The molecule has 1 aromatic carbocycles. The fourth-order valence-corrected chi connectivity index (χ4v) is 4.16. The summed E-state index contributed by atoms with van der Waals surface area (Å²) in [5, 5.41) is 5.63. The average molecular weight is 343 g/mol. The fraction of sp³-hybridized carbons (Fsp3) is 0.474. The Balaban J connectivity index is 1.59. The van der Waals surface area contributed by atoms with Crippen LogP contribution in [0.2, 0.25) is 0 Å². The van der Waals surface area contributed by atoms with Crippen LogP contribution in [-0.2, 0) is 6.54 Å². The maximum atomic E-state index is 12.3. The molecule has 1 fully saturated rings. The van der Waals surface area contributed by atoms with Crippen molar-refractivity contribution in [3.8, 4) is 0 Å². The van der Waals surface area contributed by atoms with Gasteiger partial charge in [-0.1, -0.05) is 31.5 Å². The second kappa shape index (κ2) is 7.45. The van der Waals surface area contributed by atoms with Crippen molar-refractivity contribution in [1.29, 1.82) is 0 Å². The second-order valence-electron chi connectivity index (χ2n) is 7.10. The minimum absolute atomic E-state index is 0.101. The van der Waals surface area contributed by atoms with Crippen molar-refractivity contribution in [1.82, 2.24) is 9.88 Å². The van der Waals surface area contributed by atoms with Gasteiger partial charge in [0.25, 0.3) is 5.91 Å². The van der Waals surface area contributed by atoms with E-state index in [1.807, 2.05) is 31.2 Å². The lowest BCUT2D eigenvalue weighted by molar-refractivity contribution is 0.102. The van der Waals surface area contributed by atoms with Crippen LogP contribution < -0.4 is 5.32 Å². The first kappa shape index (κ1) is 17.1. The molecule has 0 aliphatic carbocycles. The summed E-state index contributed by atoms with van der Waals surface area (Å²) in [6.07, 6.45) is 1.31. The van der Waals surface area contributed by atoms with Crippen LogP contribution in [0.1, 0.15) is 41.9 Å². The SMILES string of the molecule is Cc1ccc(C(=O)Nc2nc(CN3C[C@H](C)C[C@H](C)C3)cs2)cc1. The number of rotatable bonds is 4. The van der Waals surface area contributed by atoms with Crippen molar-refractivity contribution >= 4 is 22.4 Å². The molecular formula is C19H25N3OS. The van der Waals surface area contributed by atoms with Gasteiger partial charge in [0.2, 0.25) is 0 Å². The molecule has 128 valence electrons. The number of benzene rings is 1. The molecule has 0 bridgehead atoms. The van der Waals surface area contributed by atoms with Crippen LogP contribution in [-0.4, -0.2) is 28.9 Å². The zero-order valence-corrected chi connectivity index (χ0v) is 15.4. The number of nitrogens with one attached hydrogen (secondary N) is 1. The number of hydrogen-bond donors (Lipinski definition) is 1. The molecule has 24 heavy (non-hydrogen) atoms. The molecule has 0 radical (unpaired) electrons. The third-order valence-corrected chi connectivity index (χ3v) is 5.22. The summed E-state index contributed by atoms with van der Waals surface area (Å²) in [6.45, 7) is 9.77. The van der Waals surface area contributed by atoms with Gasteiger partial charge in [-0.15, -0.1) is 11.3 Å². The van der Waals surface area contributed by atoms with E-state index in [4.69, 9.17) is 0 Å². The number of anilines is 1. The topological polar surface area (TPSA) is 45.2 Å². The van der Waals surface area contributed by atoms with Gasteiger partial charge in [0.05, 0.1) is 5.69 Å². The summed E-state index contributed by atoms with van der Waals surface area (Å²) in [7, 11) is 0. The van der Waals surface area contributed by atoms with Crippen LogP contribution in [0.5, 0.6) is 0 Å². The number of aryl methyl sites for hydroxylation is 1. The van der Waals surface area contributed by atoms with E-state index in [0.717, 1.165) is 42.7 Å². The van der Waals surface area contributed by atoms with Crippen LogP contribution in [0.15, 0.2) is 29.6 Å². The summed E-state index contributed by atoms with van der Waals surface area (Å²) in [5.74, 6) is 1.39. The number of hydrogen-bond acceptors (Lipinski definition) is 4. The molecule has 1 N–H and O–H groups in total. The number of piperidine rings is 1. The maximum absolute atomic E-state index is 12.3. The first-order chi connectivity index (χ1) is 11.5. The van der Waals surface area contributed by atoms with Gasteiger partial charge in [-0.3, -0.25) is 15.0 Å². The Bertz CT molecular complexity index is 685. The molecule has 1 aromatic heterocycles. The molecule has 0 unspecified atom stereocenters. The molecule has 2 atom stereocenters. The lowest BCUT2D eigenvalue weighted by Gasteiger charge is -2.34. The van der Waals surface area contributed by atoms with Gasteiger partial charge in [-0.05, 0) is 37.3 Å². The first-order valence-corrected chi connectivity index (χ1v) is 9.42. The normalized spacial score (nSPS) is 21.6. The fourth-order valence-electron chi connectivity index (χ4n) is 3.46. The van der Waals surface area contributed by atoms with Gasteiger partial charge in [0.1, 0.15) is 0 Å². The van der Waals surface area contributed by atoms with Gasteiger partial charge >= 0.3 is 0 Å². The molecule has 2 heterocycles. The summed E-state index contributed by atoms with van der Waals surface area (Å²) in [5.41, 5.74) is 2.85. The maximum Gasteiger partial charge on any atom is 0.257 e. The molecule has 0 spiro atoms. The second-order valence-corrected chi connectivity index (χ2v) is 7.96. The van der Waals surface area contributed by atoms with Crippen molar-refractivity contribution in [2.75, 3.05) is 18.4 Å². The molecule has 1 aliphatic rings. The number of nitrogens with zero attached hydrogens (tertiary/aromatic N) is 2. The van der Waals surface area contributed by atoms with Gasteiger partial charge in [-0.2, -0.15) is 0 Å². The van der Waals surface area contributed by atoms with E-state index in [2.05, 4.69) is 34.4 Å². The van der Waals surface area contributed by atoms with Crippen molar-refractivity contribution < 1.29 is 4.79 Å². The van der Waals surface area contributed by atoms with E-state index in [1.165, 1.54) is 17.8 Å². The molecule has 1 amide bonds. The van der Waals surface area contributed by atoms with Crippen LogP contribution in [0, 0.1) is 18.8 Å². The number of amides is 1. The van der Waals surface area contributed by atoms with Crippen molar-refractivity contribution in [2.45, 2.75) is 33.7 Å². The Kier molecular flexibility index (Phi) is 5.31. The Morgan fingerprint density at radius 1 is 1.25 bits per heavy atom. The van der Waals surface area contributed by atoms with E-state index in [-0.39, 0.29) is 5.91 Å². The summed E-state index contributed by atoms with van der Waals surface area (Å²) in [4.78, 5) is 19.3. The van der Waals surface area contributed by atoms with Crippen LogP contribution >= 0.6 is 11.3 Å². The predicted molar refractivity (Wildman–Crippen MR) is 99.5 cm³/mol. The Labute approximate surface area is 147 Å². The number of carbonyl (C=O) groups excluding carboxylic acids is 1. The molecule has 5 heteroatoms. The van der Waals surface area contributed by atoms with Crippen molar-refractivity contribution in [3.63, 3.8) is 0 Å². The first-order valence-electron chi connectivity index (χ1n) is 8.54. The van der Waals surface area contributed by atoms with Crippen molar-refractivity contribution in [3.05, 3.63) is 46.5 Å². The molecule has 0 saturated carbocycles. The smallest absolute Gasteiger partial charge is 0.257 e. The molecule has 4 nitrogen and oxygen atoms in total. The third kappa shape index (κ3) is 4.42. The van der Waals surface area contributed by atoms with Gasteiger partial charge < -0.3 is 0 Å². The quantitative estimate of drug-likeness (QED) is 0.906. The monoisotopic (exact) mass is 343 g/mol. The van der Waals surface area contributed by atoms with E-state index in [9.17, 15) is 4.79 Å². The van der Waals surface area contributed by atoms with E-state index < -0.39 is 0 Å². The molecule has 1 saturated heterocycles. The summed E-state index contributed by atoms with van der Waals surface area (Å²) >= 11 is 1.50. The van der Waals surface area contributed by atoms with Gasteiger partial charge in [0, 0.05) is 30.6 Å². The summed E-state index contributed by atoms with van der Waals surface area (Å²) in [6, 6.07) is 7.58. The minimum atomic E-state index is -0.101. The van der Waals surface area contributed by atoms with Crippen molar-refractivity contribution in [2.24, 2.45) is 11.8 Å². The van der Waals surface area contributed by atoms with Crippen LogP contribution in [0.25, 0.3) is 0 Å². The zero-order valence-electron chi connectivity index (χ0n) is 14.6. The molecular weight excluding hydrogens is 318 g/mol. The van der Waals surface area contributed by atoms with E-state index in [0.29, 0.717) is 10.7 Å². The van der Waals surface area contributed by atoms with E-state index >= 15 is 0 Å². The highest BCUT2D eigenvalue weighted by atomic mass is 32.1. The van der Waals surface area contributed by atoms with Crippen LogP contribution in [0.4, 0.5) is 5.13 Å². The zero-order chi connectivity index (χ0) is 17.1. The average Bonchev–Trinajstić information content (AvgIpc) is 2.93. The molecule has 1 aliphatic heterocycles. The van der Waals surface area contributed by atoms with Crippen LogP contribution in [0.3, 0.4) is 0 Å². The molecule has 2 aromatic rings. The third-order valence-electron chi connectivity index (χ3n) is 4.42. The lowest BCUT2D eigenvalue weighted by atomic mass is 9.92. The highest BCUT2D eigenvalue weighted by Crippen LogP contribution is 2.24. The number of aromatic nitrogens is 1. The lowest BCUT2D eigenvalue weighted by Crippen LogP contribution is -2.38. The number of thiazole rings is 1. The minimum Gasteiger partial charge on any atom is -0.298 e. The predicted octanol–water partition coefficient (Wildman–Crippen LogP) is 4.18.